The number of nitrogens with one attached hydrogen (secondary N) is 1. The fourth-order valence-electron chi connectivity index (χ4n) is 3.04. The maximum Gasteiger partial charge on any atom is 0.220 e. The fourth-order valence-corrected chi connectivity index (χ4v) is 3.26. The van der Waals surface area contributed by atoms with Crippen LogP contribution in [0, 0.1) is 5.82 Å². The Morgan fingerprint density at radius 1 is 1.27 bits per heavy atom. The van der Waals surface area contributed by atoms with Crippen molar-refractivity contribution < 1.29 is 9.18 Å². The molecule has 0 radical (unpaired) electrons. The fraction of sp³-hybridized carbons (Fsp3) is 0.300. The van der Waals surface area contributed by atoms with Crippen molar-refractivity contribution >= 4 is 28.5 Å². The zero-order valence-electron chi connectivity index (χ0n) is 14.8. The van der Waals surface area contributed by atoms with Gasteiger partial charge in [0.25, 0.3) is 0 Å². The summed E-state index contributed by atoms with van der Waals surface area (Å²) in [4.78, 5) is 16.7. The van der Waals surface area contributed by atoms with Crippen LogP contribution in [0.15, 0.2) is 42.5 Å². The third-order valence-corrected chi connectivity index (χ3v) is 4.66. The molecule has 4 nitrogen and oxygen atoms in total. The summed E-state index contributed by atoms with van der Waals surface area (Å²) < 4.78 is 16.2. The molecular formula is C20H21ClFN3O. The normalized spacial score (nSPS) is 12.3. The quantitative estimate of drug-likeness (QED) is 0.671. The number of nitrogens with zero attached hydrogens (tertiary/aromatic N) is 2. The van der Waals surface area contributed by atoms with Crippen molar-refractivity contribution in [2.45, 2.75) is 39.3 Å². The minimum Gasteiger partial charge on any atom is -0.346 e. The van der Waals surface area contributed by atoms with E-state index in [1.807, 2.05) is 42.7 Å². The Morgan fingerprint density at radius 3 is 2.77 bits per heavy atom. The van der Waals surface area contributed by atoms with Crippen molar-refractivity contribution in [3.8, 4) is 0 Å². The first-order valence-corrected chi connectivity index (χ1v) is 9.06. The number of fused-ring (bicyclic) bond motifs is 1. The Bertz CT molecular complexity index is 918. The highest BCUT2D eigenvalue weighted by atomic mass is 35.5. The van der Waals surface area contributed by atoms with E-state index in [0.717, 1.165) is 17.5 Å². The smallest absolute Gasteiger partial charge is 0.220 e. The van der Waals surface area contributed by atoms with Gasteiger partial charge in [-0.15, -0.1) is 0 Å². The average Bonchev–Trinajstić information content (AvgIpc) is 2.97. The molecule has 1 aromatic heterocycles. The highest BCUT2D eigenvalue weighted by Crippen LogP contribution is 2.26. The monoisotopic (exact) mass is 373 g/mol. The number of hydrogen-bond donors (Lipinski definition) is 1. The predicted octanol–water partition coefficient (Wildman–Crippen LogP) is 4.85. The number of hydrogen-bond acceptors (Lipinski definition) is 2. The Hall–Kier alpha value is -2.40. The number of amides is 1. The summed E-state index contributed by atoms with van der Waals surface area (Å²) in [6.07, 6.45) is 1.24. The van der Waals surface area contributed by atoms with Gasteiger partial charge >= 0.3 is 0 Å². The molecule has 0 saturated carbocycles. The van der Waals surface area contributed by atoms with E-state index < -0.39 is 0 Å². The maximum absolute atomic E-state index is 14.3. The molecule has 3 rings (SSSR count). The molecule has 0 bridgehead atoms. The number of aromatic nitrogens is 2. The number of carbonyl (C=O) groups is 1. The molecule has 1 heterocycles. The molecular weight excluding hydrogens is 353 g/mol. The van der Waals surface area contributed by atoms with Gasteiger partial charge in [-0.3, -0.25) is 4.79 Å². The first kappa shape index (κ1) is 18.4. The summed E-state index contributed by atoms with van der Waals surface area (Å²) in [6.45, 7) is 4.09. The molecule has 136 valence electrons. The first-order chi connectivity index (χ1) is 12.5. The zero-order chi connectivity index (χ0) is 18.7. The number of carbonyl (C=O) groups excluding carboxylic acids is 1. The Morgan fingerprint density at radius 2 is 2.04 bits per heavy atom. The van der Waals surface area contributed by atoms with Crippen LogP contribution in [0.1, 0.15) is 44.1 Å². The average molecular weight is 374 g/mol. The second-order valence-corrected chi connectivity index (χ2v) is 6.69. The lowest BCUT2D eigenvalue weighted by molar-refractivity contribution is -0.121. The van der Waals surface area contributed by atoms with Crippen molar-refractivity contribution in [3.05, 3.63) is 64.7 Å². The van der Waals surface area contributed by atoms with Gasteiger partial charge in [0.15, 0.2) is 0 Å². The van der Waals surface area contributed by atoms with E-state index in [4.69, 9.17) is 11.6 Å². The van der Waals surface area contributed by atoms with Crippen molar-refractivity contribution in [1.82, 2.24) is 14.9 Å². The molecule has 1 N–H and O–H groups in total. The number of imidazole rings is 1. The highest BCUT2D eigenvalue weighted by molar-refractivity contribution is 6.31. The molecule has 26 heavy (non-hydrogen) atoms. The first-order valence-electron chi connectivity index (χ1n) is 8.68. The topological polar surface area (TPSA) is 46.9 Å². The van der Waals surface area contributed by atoms with Crippen LogP contribution in [0.4, 0.5) is 4.39 Å². The summed E-state index contributed by atoms with van der Waals surface area (Å²) in [5, 5.41) is 3.34. The summed E-state index contributed by atoms with van der Waals surface area (Å²) in [5.41, 5.74) is 2.08. The Kier molecular flexibility index (Phi) is 5.57. The van der Waals surface area contributed by atoms with Crippen LogP contribution in [0.5, 0.6) is 0 Å². The molecule has 0 aliphatic rings. The lowest BCUT2D eigenvalue weighted by Gasteiger charge is -2.17. The lowest BCUT2D eigenvalue weighted by atomic mass is 10.2. The van der Waals surface area contributed by atoms with Crippen LogP contribution in [0.25, 0.3) is 11.0 Å². The van der Waals surface area contributed by atoms with E-state index in [-0.39, 0.29) is 24.3 Å². The minimum absolute atomic E-state index is 0.0254. The Balaban J connectivity index is 2.04. The highest BCUT2D eigenvalue weighted by Gasteiger charge is 2.20. The third kappa shape index (κ3) is 3.73. The standard InChI is InChI=1S/C20H21ClFN3O/c1-3-7-19(26)23-13(2)20-24-17-10-4-5-11-18(17)25(20)12-14-15(21)8-6-9-16(14)22/h4-6,8-11,13H,3,7,12H2,1-2H3,(H,23,26). The molecule has 1 amide bonds. The van der Waals surface area contributed by atoms with Crippen molar-refractivity contribution in [1.29, 1.82) is 0 Å². The van der Waals surface area contributed by atoms with Crippen LogP contribution in [-0.4, -0.2) is 15.5 Å². The van der Waals surface area contributed by atoms with Crippen LogP contribution in [-0.2, 0) is 11.3 Å². The van der Waals surface area contributed by atoms with E-state index in [0.29, 0.717) is 22.8 Å². The lowest BCUT2D eigenvalue weighted by Crippen LogP contribution is -2.28. The van der Waals surface area contributed by atoms with E-state index in [1.165, 1.54) is 6.07 Å². The molecule has 1 unspecified atom stereocenters. The summed E-state index contributed by atoms with van der Waals surface area (Å²) in [5.74, 6) is 0.293. The number of benzene rings is 2. The summed E-state index contributed by atoms with van der Waals surface area (Å²) in [6, 6.07) is 12.0. The molecule has 3 aromatic rings. The number of para-hydroxylation sites is 2. The molecule has 0 aliphatic carbocycles. The van der Waals surface area contributed by atoms with Crippen LogP contribution in [0.2, 0.25) is 5.02 Å². The number of rotatable bonds is 6. The molecule has 6 heteroatoms. The van der Waals surface area contributed by atoms with Crippen molar-refractivity contribution in [3.63, 3.8) is 0 Å². The van der Waals surface area contributed by atoms with Gasteiger partial charge in [0.2, 0.25) is 5.91 Å². The summed E-state index contributed by atoms with van der Waals surface area (Å²) >= 11 is 6.21. The van der Waals surface area contributed by atoms with E-state index >= 15 is 0 Å². The van der Waals surface area contributed by atoms with Gasteiger partial charge in [-0.1, -0.05) is 36.7 Å². The van der Waals surface area contributed by atoms with Gasteiger partial charge in [0.1, 0.15) is 11.6 Å². The van der Waals surface area contributed by atoms with Gasteiger partial charge in [-0.2, -0.15) is 0 Å². The van der Waals surface area contributed by atoms with E-state index in [9.17, 15) is 9.18 Å². The van der Waals surface area contributed by atoms with Gasteiger partial charge in [0.05, 0.1) is 23.6 Å². The molecule has 2 aromatic carbocycles. The molecule has 0 fully saturated rings. The minimum atomic E-state index is -0.357. The van der Waals surface area contributed by atoms with Crippen molar-refractivity contribution in [2.75, 3.05) is 0 Å². The second-order valence-electron chi connectivity index (χ2n) is 6.28. The third-order valence-electron chi connectivity index (χ3n) is 4.30. The van der Waals surface area contributed by atoms with Gasteiger partial charge in [-0.25, -0.2) is 9.37 Å². The van der Waals surface area contributed by atoms with Crippen molar-refractivity contribution in [2.24, 2.45) is 0 Å². The summed E-state index contributed by atoms with van der Waals surface area (Å²) in [7, 11) is 0. The van der Waals surface area contributed by atoms with Gasteiger partial charge < -0.3 is 9.88 Å². The molecule has 0 saturated heterocycles. The van der Waals surface area contributed by atoms with Crippen LogP contribution >= 0.6 is 11.6 Å². The van der Waals surface area contributed by atoms with Gasteiger partial charge in [0, 0.05) is 17.0 Å². The number of halogens is 2. The Labute approximate surface area is 157 Å². The molecule has 0 spiro atoms. The van der Waals surface area contributed by atoms with Crippen LogP contribution in [0.3, 0.4) is 0 Å². The molecule has 1 atom stereocenters. The largest absolute Gasteiger partial charge is 0.346 e. The molecule has 0 aliphatic heterocycles. The second kappa shape index (κ2) is 7.87. The zero-order valence-corrected chi connectivity index (χ0v) is 15.6. The van der Waals surface area contributed by atoms with E-state index in [2.05, 4.69) is 10.3 Å². The SMILES string of the molecule is CCCC(=O)NC(C)c1nc2ccccc2n1Cc1c(F)cccc1Cl. The predicted molar refractivity (Wildman–Crippen MR) is 102 cm³/mol. The van der Waals surface area contributed by atoms with Crippen LogP contribution < -0.4 is 5.32 Å². The van der Waals surface area contributed by atoms with Gasteiger partial charge in [-0.05, 0) is 37.6 Å². The van der Waals surface area contributed by atoms with E-state index in [1.54, 1.807) is 12.1 Å². The maximum atomic E-state index is 14.3.